The summed E-state index contributed by atoms with van der Waals surface area (Å²) < 4.78 is 8.90. The standard InChI is InChI=1S/C5H5NO2.C4H3Cl2N3.C4H6O3/c1-6-4(7)2-3-5(6)8;1-2-7-3(5)9-4(6)8-2;1-3-2-6-4(5)7-3/h2-3H,1H3;1H3;3H,2H2,1H3. The van der Waals surface area contributed by atoms with E-state index >= 15 is 0 Å². The Morgan fingerprint density at radius 2 is 1.58 bits per heavy atom. The number of imide groups is 1. The van der Waals surface area contributed by atoms with E-state index in [1.165, 1.54) is 19.2 Å². The second-order valence-corrected chi connectivity index (χ2v) is 5.16. The van der Waals surface area contributed by atoms with Crippen molar-refractivity contribution in [3.05, 3.63) is 28.5 Å². The molecule has 0 radical (unpaired) electrons. The van der Waals surface area contributed by atoms with Crippen LogP contribution in [0.4, 0.5) is 4.79 Å². The van der Waals surface area contributed by atoms with E-state index in [1.54, 1.807) is 13.8 Å². The lowest BCUT2D eigenvalue weighted by Gasteiger charge is -2.01. The average molecular weight is 377 g/mol. The highest BCUT2D eigenvalue weighted by Gasteiger charge is 2.19. The normalized spacial score (nSPS) is 18.3. The Labute approximate surface area is 147 Å². The highest BCUT2D eigenvalue weighted by Crippen LogP contribution is 2.04. The summed E-state index contributed by atoms with van der Waals surface area (Å²) in [6.45, 7) is 3.88. The molecule has 2 aliphatic heterocycles. The Morgan fingerprint density at radius 3 is 1.79 bits per heavy atom. The fraction of sp³-hybridized carbons (Fsp3) is 0.385. The number of likely N-dealkylation sites (N-methyl/N-ethyl adjacent to an activating group) is 1. The van der Waals surface area contributed by atoms with Crippen molar-refractivity contribution < 1.29 is 23.9 Å². The molecule has 1 unspecified atom stereocenters. The van der Waals surface area contributed by atoms with Gasteiger partial charge in [-0.3, -0.25) is 14.5 Å². The SMILES string of the molecule is CC1COC(=O)O1.CN1C(=O)C=CC1=O.Cc1nc(Cl)nc(Cl)n1. The lowest BCUT2D eigenvalue weighted by Crippen LogP contribution is -2.24. The molecule has 0 N–H and O–H groups in total. The number of nitrogens with zero attached hydrogens (tertiary/aromatic N) is 4. The summed E-state index contributed by atoms with van der Waals surface area (Å²) in [5, 5.41) is 0.264. The summed E-state index contributed by atoms with van der Waals surface area (Å²) in [6.07, 6.45) is 1.91. The van der Waals surface area contributed by atoms with E-state index < -0.39 is 6.16 Å². The molecule has 2 aliphatic rings. The summed E-state index contributed by atoms with van der Waals surface area (Å²) in [5.41, 5.74) is 0. The molecule has 3 rings (SSSR count). The molecular formula is C13H14Cl2N4O5. The van der Waals surface area contributed by atoms with Crippen molar-refractivity contribution in [2.75, 3.05) is 13.7 Å². The molecule has 1 atom stereocenters. The van der Waals surface area contributed by atoms with Gasteiger partial charge in [0, 0.05) is 19.2 Å². The first-order chi connectivity index (χ1) is 11.2. The highest BCUT2D eigenvalue weighted by atomic mass is 35.5. The maximum atomic E-state index is 10.4. The maximum absolute atomic E-state index is 10.4. The van der Waals surface area contributed by atoms with Crippen molar-refractivity contribution in [3.8, 4) is 0 Å². The summed E-state index contributed by atoms with van der Waals surface area (Å²) >= 11 is 10.8. The molecule has 0 spiro atoms. The van der Waals surface area contributed by atoms with Gasteiger partial charge in [0.2, 0.25) is 10.6 Å². The number of amides is 2. The molecule has 1 saturated heterocycles. The third-order valence-corrected chi connectivity index (χ3v) is 2.79. The number of ether oxygens (including phenoxy) is 2. The summed E-state index contributed by atoms with van der Waals surface area (Å²) in [7, 11) is 1.45. The quantitative estimate of drug-likeness (QED) is 0.495. The lowest BCUT2D eigenvalue weighted by molar-refractivity contribution is -0.135. The fourth-order valence-corrected chi connectivity index (χ4v) is 1.76. The molecule has 2 amide bonds. The van der Waals surface area contributed by atoms with Crippen LogP contribution in [0.25, 0.3) is 0 Å². The number of aryl methyl sites for hydroxylation is 1. The summed E-state index contributed by atoms with van der Waals surface area (Å²) in [5.74, 6) is 0.0463. The Hall–Kier alpha value is -2.26. The molecule has 3 heterocycles. The number of carbonyl (C=O) groups is 3. The van der Waals surface area contributed by atoms with Crippen molar-refractivity contribution in [2.24, 2.45) is 0 Å². The van der Waals surface area contributed by atoms with Gasteiger partial charge >= 0.3 is 6.16 Å². The van der Waals surface area contributed by atoms with Gasteiger partial charge in [0.25, 0.3) is 11.8 Å². The van der Waals surface area contributed by atoms with Crippen molar-refractivity contribution in [3.63, 3.8) is 0 Å². The van der Waals surface area contributed by atoms with Crippen LogP contribution in [-0.4, -0.2) is 57.6 Å². The molecular weight excluding hydrogens is 363 g/mol. The van der Waals surface area contributed by atoms with E-state index in [0.29, 0.717) is 12.4 Å². The van der Waals surface area contributed by atoms with E-state index in [-0.39, 0.29) is 28.5 Å². The topological polar surface area (TPSA) is 112 Å². The number of hydrogen-bond acceptors (Lipinski definition) is 8. The van der Waals surface area contributed by atoms with Crippen LogP contribution in [0.5, 0.6) is 0 Å². The number of aromatic nitrogens is 3. The van der Waals surface area contributed by atoms with Gasteiger partial charge in [0.15, 0.2) is 0 Å². The van der Waals surface area contributed by atoms with E-state index in [0.717, 1.165) is 4.90 Å². The van der Waals surface area contributed by atoms with E-state index in [9.17, 15) is 14.4 Å². The monoisotopic (exact) mass is 376 g/mol. The van der Waals surface area contributed by atoms with Crippen molar-refractivity contribution in [2.45, 2.75) is 20.0 Å². The summed E-state index contributed by atoms with van der Waals surface area (Å²) in [6, 6.07) is 0. The molecule has 1 aromatic heterocycles. The minimum absolute atomic E-state index is 0.0486. The van der Waals surface area contributed by atoms with Gasteiger partial charge in [-0.1, -0.05) is 0 Å². The van der Waals surface area contributed by atoms with Crippen LogP contribution in [0.1, 0.15) is 12.7 Å². The second kappa shape index (κ2) is 9.14. The molecule has 24 heavy (non-hydrogen) atoms. The van der Waals surface area contributed by atoms with Crippen LogP contribution in [0.15, 0.2) is 12.2 Å². The van der Waals surface area contributed by atoms with Gasteiger partial charge < -0.3 is 9.47 Å². The predicted octanol–water partition coefficient (Wildman–Crippen LogP) is 1.57. The lowest BCUT2D eigenvalue weighted by atomic mass is 10.5. The van der Waals surface area contributed by atoms with Crippen LogP contribution in [-0.2, 0) is 19.1 Å². The zero-order valence-electron chi connectivity index (χ0n) is 13.0. The molecule has 9 nitrogen and oxygen atoms in total. The summed E-state index contributed by atoms with van der Waals surface area (Å²) in [4.78, 5) is 42.8. The van der Waals surface area contributed by atoms with Crippen LogP contribution < -0.4 is 0 Å². The Morgan fingerprint density at radius 1 is 1.08 bits per heavy atom. The Kier molecular flexibility index (Phi) is 7.53. The van der Waals surface area contributed by atoms with E-state index in [1.807, 2.05) is 0 Å². The third-order valence-electron chi connectivity index (χ3n) is 2.46. The highest BCUT2D eigenvalue weighted by molar-refractivity contribution is 6.30. The van der Waals surface area contributed by atoms with Crippen molar-refractivity contribution in [1.82, 2.24) is 19.9 Å². The van der Waals surface area contributed by atoms with Gasteiger partial charge in [0.05, 0.1) is 0 Å². The number of rotatable bonds is 0. The maximum Gasteiger partial charge on any atom is 0.508 e. The van der Waals surface area contributed by atoms with Gasteiger partial charge in [0.1, 0.15) is 18.5 Å². The average Bonchev–Trinajstić information content (AvgIpc) is 2.98. The van der Waals surface area contributed by atoms with Gasteiger partial charge in [-0.25, -0.2) is 14.8 Å². The van der Waals surface area contributed by atoms with E-state index in [2.05, 4.69) is 24.4 Å². The first-order valence-electron chi connectivity index (χ1n) is 6.56. The minimum Gasteiger partial charge on any atom is -0.430 e. The van der Waals surface area contributed by atoms with Crippen molar-refractivity contribution >= 4 is 41.2 Å². The van der Waals surface area contributed by atoms with Crippen molar-refractivity contribution in [1.29, 1.82) is 0 Å². The number of hydrogen-bond donors (Lipinski definition) is 0. The predicted molar refractivity (Wildman–Crippen MR) is 83.4 cm³/mol. The molecule has 0 saturated carbocycles. The van der Waals surface area contributed by atoms with Gasteiger partial charge in [-0.15, -0.1) is 0 Å². The molecule has 1 fully saturated rings. The van der Waals surface area contributed by atoms with Crippen LogP contribution in [0.3, 0.4) is 0 Å². The second-order valence-electron chi connectivity index (χ2n) is 4.48. The fourth-order valence-electron chi connectivity index (χ4n) is 1.31. The molecule has 11 heteroatoms. The zero-order valence-corrected chi connectivity index (χ0v) is 14.5. The van der Waals surface area contributed by atoms with Crippen LogP contribution >= 0.6 is 23.2 Å². The number of halogens is 2. The van der Waals surface area contributed by atoms with Gasteiger partial charge in [-0.2, -0.15) is 4.98 Å². The molecule has 0 aromatic carbocycles. The molecule has 0 bridgehead atoms. The van der Waals surface area contributed by atoms with Crippen LogP contribution in [0.2, 0.25) is 10.6 Å². The van der Waals surface area contributed by atoms with Crippen LogP contribution in [0, 0.1) is 6.92 Å². The first-order valence-corrected chi connectivity index (χ1v) is 7.31. The zero-order chi connectivity index (χ0) is 18.3. The Balaban J connectivity index is 0.000000181. The Bertz CT molecular complexity index is 599. The molecule has 1 aromatic rings. The smallest absolute Gasteiger partial charge is 0.430 e. The number of carbonyl (C=O) groups excluding carboxylic acids is 3. The minimum atomic E-state index is -0.549. The first kappa shape index (κ1) is 19.8. The molecule has 130 valence electrons. The third kappa shape index (κ3) is 6.88. The number of cyclic esters (lactones) is 2. The van der Waals surface area contributed by atoms with E-state index in [4.69, 9.17) is 23.2 Å². The van der Waals surface area contributed by atoms with Gasteiger partial charge in [-0.05, 0) is 37.0 Å². The largest absolute Gasteiger partial charge is 0.508 e. The molecule has 0 aliphatic carbocycles.